The molecule has 134 valence electrons. The molecule has 1 aliphatic heterocycles. The minimum absolute atomic E-state index is 0.205. The number of hydrogen-bond donors (Lipinski definition) is 0. The van der Waals surface area contributed by atoms with Gasteiger partial charge >= 0.3 is 0 Å². The van der Waals surface area contributed by atoms with E-state index in [9.17, 15) is 0 Å². The van der Waals surface area contributed by atoms with Gasteiger partial charge in [-0.3, -0.25) is 9.67 Å². The van der Waals surface area contributed by atoms with Crippen molar-refractivity contribution in [3.63, 3.8) is 0 Å². The SMILES string of the molecule is COc1ccc(-c2ccn(Cc3ccncc3)n2)cc1OC1CCCO1. The third-order valence-electron chi connectivity index (χ3n) is 4.34. The molecule has 0 spiro atoms. The van der Waals surface area contributed by atoms with Crippen LogP contribution in [0.3, 0.4) is 0 Å². The van der Waals surface area contributed by atoms with Crippen LogP contribution < -0.4 is 9.47 Å². The number of rotatable bonds is 6. The molecule has 3 aromatic rings. The molecule has 1 saturated heterocycles. The van der Waals surface area contributed by atoms with Crippen molar-refractivity contribution in [3.05, 3.63) is 60.6 Å². The van der Waals surface area contributed by atoms with Crippen LogP contribution >= 0.6 is 0 Å². The summed E-state index contributed by atoms with van der Waals surface area (Å²) in [7, 11) is 1.64. The Bertz CT molecular complexity index is 858. The molecule has 1 atom stereocenters. The van der Waals surface area contributed by atoms with Crippen LogP contribution in [0.25, 0.3) is 11.3 Å². The fourth-order valence-corrected chi connectivity index (χ4v) is 2.99. The van der Waals surface area contributed by atoms with Gasteiger partial charge in [-0.2, -0.15) is 5.10 Å². The van der Waals surface area contributed by atoms with Gasteiger partial charge < -0.3 is 14.2 Å². The molecule has 1 aromatic carbocycles. The van der Waals surface area contributed by atoms with E-state index in [1.807, 2.05) is 47.3 Å². The van der Waals surface area contributed by atoms with Gasteiger partial charge in [0.15, 0.2) is 17.8 Å². The first-order valence-electron chi connectivity index (χ1n) is 8.71. The number of nitrogens with zero attached hydrogens (tertiary/aromatic N) is 3. The summed E-state index contributed by atoms with van der Waals surface area (Å²) in [6.07, 6.45) is 7.26. The Hall–Kier alpha value is -2.86. The van der Waals surface area contributed by atoms with Crippen molar-refractivity contribution in [1.29, 1.82) is 0 Å². The summed E-state index contributed by atoms with van der Waals surface area (Å²) in [6.45, 7) is 1.45. The van der Waals surface area contributed by atoms with Gasteiger partial charge in [0, 0.05) is 30.6 Å². The van der Waals surface area contributed by atoms with Crippen molar-refractivity contribution in [1.82, 2.24) is 14.8 Å². The van der Waals surface area contributed by atoms with Gasteiger partial charge in [-0.25, -0.2) is 0 Å². The second-order valence-corrected chi connectivity index (χ2v) is 6.18. The molecule has 6 nitrogen and oxygen atoms in total. The Morgan fingerprint density at radius 3 is 2.81 bits per heavy atom. The van der Waals surface area contributed by atoms with E-state index in [2.05, 4.69) is 10.1 Å². The Balaban J connectivity index is 1.55. The molecule has 6 heteroatoms. The zero-order valence-electron chi connectivity index (χ0n) is 14.7. The van der Waals surface area contributed by atoms with Crippen molar-refractivity contribution >= 4 is 0 Å². The highest BCUT2D eigenvalue weighted by Gasteiger charge is 2.19. The van der Waals surface area contributed by atoms with Crippen molar-refractivity contribution in [3.8, 4) is 22.8 Å². The van der Waals surface area contributed by atoms with Crippen molar-refractivity contribution in [2.45, 2.75) is 25.7 Å². The van der Waals surface area contributed by atoms with E-state index in [1.165, 1.54) is 0 Å². The molecule has 0 radical (unpaired) electrons. The minimum atomic E-state index is -0.205. The first kappa shape index (κ1) is 16.6. The fraction of sp³-hybridized carbons (Fsp3) is 0.300. The van der Waals surface area contributed by atoms with Crippen LogP contribution in [0.5, 0.6) is 11.5 Å². The Kier molecular flexibility index (Phi) is 4.84. The van der Waals surface area contributed by atoms with Crippen LogP contribution in [0.2, 0.25) is 0 Å². The van der Waals surface area contributed by atoms with Crippen molar-refractivity contribution in [2.75, 3.05) is 13.7 Å². The molecule has 4 rings (SSSR count). The third kappa shape index (κ3) is 3.70. The molecule has 0 bridgehead atoms. The largest absolute Gasteiger partial charge is 0.493 e. The monoisotopic (exact) mass is 351 g/mol. The molecule has 3 heterocycles. The van der Waals surface area contributed by atoms with E-state index < -0.39 is 0 Å². The molecule has 1 fully saturated rings. The Morgan fingerprint density at radius 2 is 2.04 bits per heavy atom. The van der Waals surface area contributed by atoms with E-state index in [0.717, 1.165) is 36.3 Å². The molecule has 0 amide bonds. The normalized spacial score (nSPS) is 16.6. The number of ether oxygens (including phenoxy) is 3. The molecule has 0 N–H and O–H groups in total. The number of hydrogen-bond acceptors (Lipinski definition) is 5. The smallest absolute Gasteiger partial charge is 0.200 e. The highest BCUT2D eigenvalue weighted by Crippen LogP contribution is 2.34. The predicted octanol–water partition coefficient (Wildman–Crippen LogP) is 3.52. The molecule has 26 heavy (non-hydrogen) atoms. The average Bonchev–Trinajstić information content (AvgIpc) is 3.35. The second-order valence-electron chi connectivity index (χ2n) is 6.18. The van der Waals surface area contributed by atoms with E-state index >= 15 is 0 Å². The van der Waals surface area contributed by atoms with Crippen LogP contribution in [0.15, 0.2) is 55.0 Å². The van der Waals surface area contributed by atoms with E-state index in [-0.39, 0.29) is 6.29 Å². The van der Waals surface area contributed by atoms with Crippen LogP contribution in [0.4, 0.5) is 0 Å². The van der Waals surface area contributed by atoms with Gasteiger partial charge in [0.2, 0.25) is 0 Å². The molecule has 1 unspecified atom stereocenters. The summed E-state index contributed by atoms with van der Waals surface area (Å²) >= 11 is 0. The van der Waals surface area contributed by atoms with E-state index in [0.29, 0.717) is 18.0 Å². The maximum absolute atomic E-state index is 5.97. The Labute approximate surface area is 152 Å². The lowest BCUT2D eigenvalue weighted by molar-refractivity contribution is -0.0402. The first-order chi connectivity index (χ1) is 12.8. The van der Waals surface area contributed by atoms with Crippen LogP contribution in [-0.2, 0) is 11.3 Å². The molecule has 2 aromatic heterocycles. The summed E-state index contributed by atoms with van der Waals surface area (Å²) in [5.41, 5.74) is 3.03. The lowest BCUT2D eigenvalue weighted by atomic mass is 10.1. The summed E-state index contributed by atoms with van der Waals surface area (Å²) in [6, 6.07) is 11.8. The fourth-order valence-electron chi connectivity index (χ4n) is 2.99. The zero-order valence-corrected chi connectivity index (χ0v) is 14.7. The molecular weight excluding hydrogens is 330 g/mol. The molecule has 1 aliphatic rings. The third-order valence-corrected chi connectivity index (χ3v) is 4.34. The number of methoxy groups -OCH3 is 1. The molecule has 0 aliphatic carbocycles. The van der Waals surface area contributed by atoms with Crippen LogP contribution in [0, 0.1) is 0 Å². The van der Waals surface area contributed by atoms with Gasteiger partial charge in [-0.1, -0.05) is 0 Å². The standard InChI is InChI=1S/C20H21N3O3/c1-24-18-5-4-16(13-19(18)26-20-3-2-12-25-20)17-8-11-23(22-17)14-15-6-9-21-10-7-15/h4-11,13,20H,2-3,12,14H2,1H3. The van der Waals surface area contributed by atoms with Gasteiger partial charge in [0.1, 0.15) is 0 Å². The Morgan fingerprint density at radius 1 is 1.15 bits per heavy atom. The van der Waals surface area contributed by atoms with Gasteiger partial charge in [-0.05, 0) is 48.4 Å². The number of aromatic nitrogens is 3. The van der Waals surface area contributed by atoms with Crippen LogP contribution in [0.1, 0.15) is 18.4 Å². The molecular formula is C20H21N3O3. The summed E-state index contributed by atoms with van der Waals surface area (Å²) in [5, 5.41) is 4.67. The van der Waals surface area contributed by atoms with E-state index in [4.69, 9.17) is 14.2 Å². The second kappa shape index (κ2) is 7.58. The average molecular weight is 351 g/mol. The minimum Gasteiger partial charge on any atom is -0.493 e. The lowest BCUT2D eigenvalue weighted by Crippen LogP contribution is -2.14. The predicted molar refractivity (Wildman–Crippen MR) is 97.2 cm³/mol. The molecule has 0 saturated carbocycles. The summed E-state index contributed by atoms with van der Waals surface area (Å²) < 4.78 is 18.9. The van der Waals surface area contributed by atoms with Crippen LogP contribution in [-0.4, -0.2) is 34.8 Å². The van der Waals surface area contributed by atoms with Crippen molar-refractivity contribution < 1.29 is 14.2 Å². The van der Waals surface area contributed by atoms with Crippen molar-refractivity contribution in [2.24, 2.45) is 0 Å². The van der Waals surface area contributed by atoms with Gasteiger partial charge in [0.05, 0.1) is 26.0 Å². The summed E-state index contributed by atoms with van der Waals surface area (Å²) in [4.78, 5) is 4.04. The quantitative estimate of drug-likeness (QED) is 0.680. The topological polar surface area (TPSA) is 58.4 Å². The first-order valence-corrected chi connectivity index (χ1v) is 8.71. The van der Waals surface area contributed by atoms with Gasteiger partial charge in [0.25, 0.3) is 0 Å². The van der Waals surface area contributed by atoms with Gasteiger partial charge in [-0.15, -0.1) is 0 Å². The zero-order chi connectivity index (χ0) is 17.8. The maximum Gasteiger partial charge on any atom is 0.200 e. The van der Waals surface area contributed by atoms with E-state index in [1.54, 1.807) is 19.5 Å². The number of pyridine rings is 1. The lowest BCUT2D eigenvalue weighted by Gasteiger charge is -2.16. The number of benzene rings is 1. The maximum atomic E-state index is 5.97. The highest BCUT2D eigenvalue weighted by molar-refractivity contribution is 5.63. The highest BCUT2D eigenvalue weighted by atomic mass is 16.7. The summed E-state index contributed by atoms with van der Waals surface area (Å²) in [5.74, 6) is 1.38.